The van der Waals surface area contributed by atoms with E-state index >= 15 is 4.39 Å². The average molecular weight is 495 g/mol. The first-order valence-corrected chi connectivity index (χ1v) is 13.4. The Morgan fingerprint density at radius 1 is 0.806 bits per heavy atom. The van der Waals surface area contributed by atoms with Gasteiger partial charge in [0.2, 0.25) is 0 Å². The molecule has 0 aromatic heterocycles. The van der Waals surface area contributed by atoms with Gasteiger partial charge in [0.25, 0.3) is 0 Å². The Morgan fingerprint density at radius 2 is 1.56 bits per heavy atom. The zero-order valence-electron chi connectivity index (χ0n) is 21.5. The zero-order chi connectivity index (χ0) is 25.5. The van der Waals surface area contributed by atoms with Gasteiger partial charge in [-0.3, -0.25) is 0 Å². The smallest absolute Gasteiger partial charge is 0.166 e. The van der Waals surface area contributed by atoms with Crippen molar-refractivity contribution in [2.45, 2.75) is 77.6 Å². The van der Waals surface area contributed by atoms with Gasteiger partial charge in [0.15, 0.2) is 11.6 Å². The molecular weight excluding hydrogens is 457 g/mol. The molecule has 36 heavy (non-hydrogen) atoms. The highest BCUT2D eigenvalue weighted by Crippen LogP contribution is 2.38. The predicted molar refractivity (Wildman–Crippen MR) is 141 cm³/mol. The Bertz CT molecular complexity index is 1130. The third-order valence-corrected chi connectivity index (χ3v) is 7.56. The number of ether oxygens (including phenoxy) is 1. The molecule has 0 atom stereocenters. The Labute approximate surface area is 213 Å². The quantitative estimate of drug-likeness (QED) is 0.255. The summed E-state index contributed by atoms with van der Waals surface area (Å²) in [6.45, 7) is 4.96. The van der Waals surface area contributed by atoms with Crippen LogP contribution in [0.4, 0.5) is 13.2 Å². The van der Waals surface area contributed by atoms with Gasteiger partial charge in [0.05, 0.1) is 6.61 Å². The summed E-state index contributed by atoms with van der Waals surface area (Å²) in [5, 5.41) is 0. The Hall–Kier alpha value is -2.75. The third-order valence-electron chi connectivity index (χ3n) is 7.56. The normalized spacial score (nSPS) is 17.8. The summed E-state index contributed by atoms with van der Waals surface area (Å²) in [7, 11) is 0. The number of rotatable bonds is 10. The van der Waals surface area contributed by atoms with Crippen LogP contribution in [0.5, 0.6) is 5.75 Å². The Kier molecular flexibility index (Phi) is 9.12. The minimum atomic E-state index is -0.766. The molecule has 0 heterocycles. The highest BCUT2D eigenvalue weighted by Gasteiger charge is 2.25. The maximum atomic E-state index is 15.0. The minimum absolute atomic E-state index is 0.106. The second-order valence-corrected chi connectivity index (χ2v) is 10.3. The summed E-state index contributed by atoms with van der Waals surface area (Å²) in [5.41, 5.74) is 3.11. The molecular formula is C32H37F3O. The molecule has 192 valence electrons. The highest BCUT2D eigenvalue weighted by atomic mass is 19.2. The largest absolute Gasteiger partial charge is 0.493 e. The summed E-state index contributed by atoms with van der Waals surface area (Å²) in [5.74, 6) is -0.395. The molecule has 0 saturated heterocycles. The molecule has 1 aliphatic rings. The summed E-state index contributed by atoms with van der Waals surface area (Å²) in [6, 6.07) is 16.0. The van der Waals surface area contributed by atoms with E-state index in [0.29, 0.717) is 47.8 Å². The van der Waals surface area contributed by atoms with E-state index < -0.39 is 11.6 Å². The maximum absolute atomic E-state index is 15.0. The van der Waals surface area contributed by atoms with Crippen molar-refractivity contribution in [3.05, 3.63) is 88.7 Å². The average Bonchev–Trinajstić information content (AvgIpc) is 2.89. The first-order chi connectivity index (χ1) is 17.5. The summed E-state index contributed by atoms with van der Waals surface area (Å²) in [4.78, 5) is 0. The van der Waals surface area contributed by atoms with Crippen LogP contribution in [0.1, 0.15) is 81.4 Å². The van der Waals surface area contributed by atoms with Gasteiger partial charge in [-0.25, -0.2) is 13.2 Å². The third kappa shape index (κ3) is 6.52. The lowest BCUT2D eigenvalue weighted by atomic mass is 9.79. The molecule has 0 bridgehead atoms. The van der Waals surface area contributed by atoms with Crippen LogP contribution in [0.3, 0.4) is 0 Å². The van der Waals surface area contributed by atoms with Crippen LogP contribution in [-0.4, -0.2) is 6.61 Å². The molecule has 1 nitrogen and oxygen atoms in total. The van der Waals surface area contributed by atoms with Crippen LogP contribution in [0.25, 0.3) is 11.1 Å². The molecule has 0 spiro atoms. The van der Waals surface area contributed by atoms with Crippen molar-refractivity contribution in [3.8, 4) is 16.9 Å². The van der Waals surface area contributed by atoms with Crippen molar-refractivity contribution in [1.29, 1.82) is 0 Å². The van der Waals surface area contributed by atoms with Crippen LogP contribution in [0.2, 0.25) is 0 Å². The van der Waals surface area contributed by atoms with Crippen LogP contribution < -0.4 is 4.74 Å². The molecule has 3 aromatic rings. The number of halogens is 3. The fraction of sp³-hybridized carbons (Fsp3) is 0.438. The lowest BCUT2D eigenvalue weighted by molar-refractivity contribution is 0.304. The lowest BCUT2D eigenvalue weighted by Gasteiger charge is -2.27. The molecule has 0 amide bonds. The predicted octanol–water partition coefficient (Wildman–Crippen LogP) is 9.42. The molecule has 0 aliphatic heterocycles. The van der Waals surface area contributed by atoms with Gasteiger partial charge in [0, 0.05) is 11.6 Å². The highest BCUT2D eigenvalue weighted by molar-refractivity contribution is 5.65. The van der Waals surface area contributed by atoms with E-state index in [0.717, 1.165) is 50.5 Å². The second kappa shape index (κ2) is 12.5. The molecule has 0 N–H and O–H groups in total. The van der Waals surface area contributed by atoms with Crippen LogP contribution >= 0.6 is 0 Å². The van der Waals surface area contributed by atoms with Crippen LogP contribution in [-0.2, 0) is 12.8 Å². The lowest BCUT2D eigenvalue weighted by Crippen LogP contribution is -2.13. The monoisotopic (exact) mass is 494 g/mol. The fourth-order valence-corrected chi connectivity index (χ4v) is 5.17. The molecule has 0 unspecified atom stereocenters. The molecule has 1 fully saturated rings. The Morgan fingerprint density at radius 3 is 2.25 bits per heavy atom. The maximum Gasteiger partial charge on any atom is 0.166 e. The molecule has 1 saturated carbocycles. The van der Waals surface area contributed by atoms with E-state index in [9.17, 15) is 8.78 Å². The van der Waals surface area contributed by atoms with Crippen molar-refractivity contribution in [2.24, 2.45) is 5.92 Å². The van der Waals surface area contributed by atoms with E-state index in [2.05, 4.69) is 13.8 Å². The standard InChI is InChI=1S/C32H37F3O/c1-3-4-5-20-36-27-17-16-26(30(33)21-27)15-10-23-8-13-25(14-9-23)29-19-18-28(31(34)32(29)35)24-11-6-22(2)7-12-24/h8-9,13-14,16-19,21-22,24H,3-7,10-12,15,20H2,1-2H3. The van der Waals surface area contributed by atoms with Gasteiger partial charge in [-0.05, 0) is 72.3 Å². The first kappa shape index (κ1) is 26.3. The molecule has 4 rings (SSSR count). The van der Waals surface area contributed by atoms with E-state index in [-0.39, 0.29) is 17.3 Å². The SMILES string of the molecule is CCCCCOc1ccc(CCc2ccc(-c3ccc(C4CCC(C)CC4)c(F)c3F)cc2)c(F)c1. The number of benzene rings is 3. The van der Waals surface area contributed by atoms with Crippen LogP contribution in [0.15, 0.2) is 54.6 Å². The topological polar surface area (TPSA) is 9.23 Å². The second-order valence-electron chi connectivity index (χ2n) is 10.3. The van der Waals surface area contributed by atoms with E-state index in [1.54, 1.807) is 18.2 Å². The number of hydrogen-bond donors (Lipinski definition) is 0. The summed E-state index contributed by atoms with van der Waals surface area (Å²) < 4.78 is 50.1. The number of hydrogen-bond acceptors (Lipinski definition) is 1. The van der Waals surface area contributed by atoms with Gasteiger partial charge < -0.3 is 4.74 Å². The van der Waals surface area contributed by atoms with Gasteiger partial charge in [-0.15, -0.1) is 0 Å². The summed E-state index contributed by atoms with van der Waals surface area (Å²) >= 11 is 0. The van der Waals surface area contributed by atoms with Crippen molar-refractivity contribution in [2.75, 3.05) is 6.61 Å². The van der Waals surface area contributed by atoms with Gasteiger partial charge in [-0.2, -0.15) is 0 Å². The molecule has 4 heteroatoms. The Balaban J connectivity index is 1.37. The van der Waals surface area contributed by atoms with Crippen molar-refractivity contribution in [3.63, 3.8) is 0 Å². The van der Waals surface area contributed by atoms with E-state index in [1.165, 1.54) is 6.07 Å². The van der Waals surface area contributed by atoms with E-state index in [4.69, 9.17) is 4.74 Å². The first-order valence-electron chi connectivity index (χ1n) is 13.4. The van der Waals surface area contributed by atoms with E-state index in [1.807, 2.05) is 30.3 Å². The van der Waals surface area contributed by atoms with Gasteiger partial charge in [0.1, 0.15) is 11.6 Å². The summed E-state index contributed by atoms with van der Waals surface area (Å²) in [6.07, 6.45) is 8.37. The van der Waals surface area contributed by atoms with Crippen molar-refractivity contribution < 1.29 is 17.9 Å². The molecule has 1 aliphatic carbocycles. The number of unbranched alkanes of at least 4 members (excludes halogenated alkanes) is 2. The molecule has 0 radical (unpaired) electrons. The van der Waals surface area contributed by atoms with Crippen molar-refractivity contribution >= 4 is 0 Å². The fourth-order valence-electron chi connectivity index (χ4n) is 5.17. The van der Waals surface area contributed by atoms with Gasteiger partial charge in [-0.1, -0.05) is 82.0 Å². The zero-order valence-corrected chi connectivity index (χ0v) is 21.5. The number of aryl methyl sites for hydroxylation is 2. The van der Waals surface area contributed by atoms with Crippen molar-refractivity contribution in [1.82, 2.24) is 0 Å². The minimum Gasteiger partial charge on any atom is -0.493 e. The molecule has 3 aromatic carbocycles. The van der Waals surface area contributed by atoms with Crippen LogP contribution in [0, 0.1) is 23.4 Å². The van der Waals surface area contributed by atoms with Gasteiger partial charge >= 0.3 is 0 Å².